The fraction of sp³-hybridized carbons (Fsp3) is 0.136. The van der Waals surface area contributed by atoms with Gasteiger partial charge < -0.3 is 19.2 Å². The van der Waals surface area contributed by atoms with Crippen LogP contribution in [-0.4, -0.2) is 5.91 Å². The third kappa shape index (κ3) is 3.72. The minimum absolute atomic E-state index is 0.0832. The summed E-state index contributed by atoms with van der Waals surface area (Å²) in [6.45, 7) is 1.91. The maximum absolute atomic E-state index is 11.5. The summed E-state index contributed by atoms with van der Waals surface area (Å²) in [6.07, 6.45) is 5.39. The number of fused-ring (bicyclic) bond motifs is 1. The fourth-order valence-corrected chi connectivity index (χ4v) is 3.07. The number of ether oxygens (including phenoxy) is 2. The molecule has 1 aromatic heterocycles. The molecule has 0 bridgehead atoms. The van der Waals surface area contributed by atoms with Gasteiger partial charge in [0.15, 0.2) is 11.5 Å². The number of benzene rings is 2. The molecule has 4 rings (SSSR count). The molecule has 0 unspecified atom stereocenters. The summed E-state index contributed by atoms with van der Waals surface area (Å²) in [5, 5.41) is 2.88. The van der Waals surface area contributed by atoms with Crippen molar-refractivity contribution in [2.75, 3.05) is 0 Å². The number of carbonyl (C=O) groups excluding carboxylic acids is 1. The molecule has 1 aliphatic rings. The number of furan rings is 1. The van der Waals surface area contributed by atoms with Crippen molar-refractivity contribution < 1.29 is 18.7 Å². The molecule has 0 fully saturated rings. The topological polar surface area (TPSA) is 60.7 Å². The van der Waals surface area contributed by atoms with E-state index < -0.39 is 0 Å². The van der Waals surface area contributed by atoms with Gasteiger partial charge in [-0.25, -0.2) is 0 Å². The van der Waals surface area contributed by atoms with Crippen molar-refractivity contribution in [3.63, 3.8) is 0 Å². The zero-order chi connectivity index (χ0) is 18.6. The Morgan fingerprint density at radius 1 is 1.00 bits per heavy atom. The van der Waals surface area contributed by atoms with Crippen molar-refractivity contribution in [3.05, 3.63) is 84.2 Å². The van der Waals surface area contributed by atoms with Gasteiger partial charge in [-0.2, -0.15) is 0 Å². The molecule has 1 N–H and O–H groups in total. The SMILES string of the molecule is CC(=O)NCc1c(-c2ccc3c(c2)OC=CO3)coc1Cc1ccccc1. The first-order valence-corrected chi connectivity index (χ1v) is 8.71. The number of amides is 1. The van der Waals surface area contributed by atoms with E-state index in [0.717, 1.165) is 28.0 Å². The van der Waals surface area contributed by atoms with E-state index in [1.165, 1.54) is 19.4 Å². The molecule has 2 aromatic carbocycles. The monoisotopic (exact) mass is 361 g/mol. The highest BCUT2D eigenvalue weighted by atomic mass is 16.5. The molecular weight excluding hydrogens is 342 g/mol. The van der Waals surface area contributed by atoms with Crippen LogP contribution in [0.15, 0.2) is 71.7 Å². The standard InChI is InChI=1S/C22H19NO4/c1-15(24)23-13-18-19(14-27-21(18)11-16-5-3-2-4-6-16)17-7-8-20-22(12-17)26-10-9-25-20/h2-10,12,14H,11,13H2,1H3,(H,23,24). The first-order valence-electron chi connectivity index (χ1n) is 8.71. The molecule has 0 saturated carbocycles. The molecule has 2 heterocycles. The van der Waals surface area contributed by atoms with Crippen LogP contribution in [0, 0.1) is 0 Å². The van der Waals surface area contributed by atoms with E-state index in [2.05, 4.69) is 17.4 Å². The Labute approximate surface area is 157 Å². The van der Waals surface area contributed by atoms with Gasteiger partial charge in [0.1, 0.15) is 18.3 Å². The second-order valence-electron chi connectivity index (χ2n) is 6.29. The van der Waals surface area contributed by atoms with Crippen LogP contribution in [-0.2, 0) is 17.8 Å². The van der Waals surface area contributed by atoms with Crippen molar-refractivity contribution in [1.82, 2.24) is 5.32 Å². The highest BCUT2D eigenvalue weighted by molar-refractivity contribution is 5.75. The molecule has 5 heteroatoms. The van der Waals surface area contributed by atoms with Crippen molar-refractivity contribution in [2.24, 2.45) is 0 Å². The van der Waals surface area contributed by atoms with Crippen LogP contribution in [0.4, 0.5) is 0 Å². The van der Waals surface area contributed by atoms with Crippen LogP contribution in [0.1, 0.15) is 23.8 Å². The first kappa shape index (κ1) is 17.0. The van der Waals surface area contributed by atoms with E-state index in [1.807, 2.05) is 36.4 Å². The van der Waals surface area contributed by atoms with Crippen LogP contribution in [0.2, 0.25) is 0 Å². The van der Waals surface area contributed by atoms with Crippen LogP contribution in [0.5, 0.6) is 11.5 Å². The summed E-state index contributed by atoms with van der Waals surface area (Å²) in [6, 6.07) is 15.8. The molecule has 3 aromatic rings. The van der Waals surface area contributed by atoms with Gasteiger partial charge in [-0.05, 0) is 23.3 Å². The maximum Gasteiger partial charge on any atom is 0.217 e. The molecule has 0 atom stereocenters. The largest absolute Gasteiger partial charge is 0.468 e. The van der Waals surface area contributed by atoms with Gasteiger partial charge in [-0.15, -0.1) is 0 Å². The Hall–Kier alpha value is -3.47. The Morgan fingerprint density at radius 3 is 2.56 bits per heavy atom. The van der Waals surface area contributed by atoms with E-state index in [-0.39, 0.29) is 5.91 Å². The Kier molecular flexibility index (Phi) is 4.66. The highest BCUT2D eigenvalue weighted by Crippen LogP contribution is 2.37. The minimum Gasteiger partial charge on any atom is -0.468 e. The third-order valence-electron chi connectivity index (χ3n) is 4.40. The van der Waals surface area contributed by atoms with E-state index in [9.17, 15) is 4.79 Å². The smallest absolute Gasteiger partial charge is 0.217 e. The highest BCUT2D eigenvalue weighted by Gasteiger charge is 2.18. The van der Waals surface area contributed by atoms with E-state index in [0.29, 0.717) is 24.5 Å². The normalized spacial score (nSPS) is 12.0. The van der Waals surface area contributed by atoms with Gasteiger partial charge in [-0.1, -0.05) is 36.4 Å². The molecule has 27 heavy (non-hydrogen) atoms. The Morgan fingerprint density at radius 2 is 1.78 bits per heavy atom. The molecule has 0 aliphatic carbocycles. The van der Waals surface area contributed by atoms with Gasteiger partial charge in [-0.3, -0.25) is 4.79 Å². The Balaban J connectivity index is 1.70. The number of rotatable bonds is 5. The lowest BCUT2D eigenvalue weighted by atomic mass is 9.99. The van der Waals surface area contributed by atoms with Crippen LogP contribution in [0.3, 0.4) is 0 Å². The maximum atomic E-state index is 11.5. The predicted octanol–water partition coefficient (Wildman–Crippen LogP) is 4.42. The molecule has 0 saturated heterocycles. The summed E-state index contributed by atoms with van der Waals surface area (Å²) in [4.78, 5) is 11.5. The first-order chi connectivity index (χ1) is 13.2. The van der Waals surface area contributed by atoms with Crippen molar-refractivity contribution in [1.29, 1.82) is 0 Å². The van der Waals surface area contributed by atoms with Crippen molar-refractivity contribution >= 4 is 5.91 Å². The summed E-state index contributed by atoms with van der Waals surface area (Å²) in [5.74, 6) is 2.06. The van der Waals surface area contributed by atoms with Gasteiger partial charge in [0.25, 0.3) is 0 Å². The van der Waals surface area contributed by atoms with Gasteiger partial charge in [0.2, 0.25) is 5.91 Å². The average Bonchev–Trinajstić information content (AvgIpc) is 3.09. The fourth-order valence-electron chi connectivity index (χ4n) is 3.07. The lowest BCUT2D eigenvalue weighted by Gasteiger charge is -2.14. The van der Waals surface area contributed by atoms with Crippen molar-refractivity contribution in [2.45, 2.75) is 19.9 Å². The number of hydrogen-bond acceptors (Lipinski definition) is 4. The molecule has 1 aliphatic heterocycles. The summed E-state index contributed by atoms with van der Waals surface area (Å²) >= 11 is 0. The zero-order valence-electron chi connectivity index (χ0n) is 14.9. The van der Waals surface area contributed by atoms with Crippen LogP contribution in [0.25, 0.3) is 11.1 Å². The van der Waals surface area contributed by atoms with Crippen molar-refractivity contribution in [3.8, 4) is 22.6 Å². The van der Waals surface area contributed by atoms with Gasteiger partial charge >= 0.3 is 0 Å². The molecule has 5 nitrogen and oxygen atoms in total. The minimum atomic E-state index is -0.0832. The third-order valence-corrected chi connectivity index (χ3v) is 4.40. The van der Waals surface area contributed by atoms with E-state index >= 15 is 0 Å². The predicted molar refractivity (Wildman–Crippen MR) is 101 cm³/mol. The van der Waals surface area contributed by atoms with Crippen LogP contribution < -0.4 is 14.8 Å². The number of nitrogens with one attached hydrogen (secondary N) is 1. The van der Waals surface area contributed by atoms with Crippen LogP contribution >= 0.6 is 0 Å². The summed E-state index contributed by atoms with van der Waals surface area (Å²) in [7, 11) is 0. The Bertz CT molecular complexity index is 989. The molecular formula is C22H19NO4. The second-order valence-corrected chi connectivity index (χ2v) is 6.29. The zero-order valence-corrected chi connectivity index (χ0v) is 14.9. The van der Waals surface area contributed by atoms with Gasteiger partial charge in [0, 0.05) is 31.0 Å². The average molecular weight is 361 g/mol. The van der Waals surface area contributed by atoms with Gasteiger partial charge in [0.05, 0.1) is 6.26 Å². The molecule has 0 spiro atoms. The molecule has 136 valence electrons. The second kappa shape index (κ2) is 7.41. The number of carbonyl (C=O) groups is 1. The quantitative estimate of drug-likeness (QED) is 0.731. The summed E-state index contributed by atoms with van der Waals surface area (Å²) in [5.41, 5.74) is 3.97. The lowest BCUT2D eigenvalue weighted by molar-refractivity contribution is -0.119. The van der Waals surface area contributed by atoms with E-state index in [1.54, 1.807) is 6.26 Å². The number of hydrogen-bond donors (Lipinski definition) is 1. The van der Waals surface area contributed by atoms with E-state index in [4.69, 9.17) is 13.9 Å². The summed E-state index contributed by atoms with van der Waals surface area (Å²) < 4.78 is 16.8. The lowest BCUT2D eigenvalue weighted by Crippen LogP contribution is -2.19. The molecule has 1 amide bonds. The molecule has 0 radical (unpaired) electrons.